The van der Waals surface area contributed by atoms with Crippen LogP contribution in [0, 0.1) is 5.41 Å². The number of hydrogen-bond acceptors (Lipinski definition) is 2. The molecule has 0 amide bonds. The van der Waals surface area contributed by atoms with Crippen molar-refractivity contribution in [1.82, 2.24) is 0 Å². The summed E-state index contributed by atoms with van der Waals surface area (Å²) in [6.07, 6.45) is 2.34. The average Bonchev–Trinajstić information content (AvgIpc) is 2.12. The quantitative estimate of drug-likeness (QED) is 0.415. The van der Waals surface area contributed by atoms with Gasteiger partial charge in [0, 0.05) is 5.33 Å². The third-order valence-corrected chi connectivity index (χ3v) is 3.14. The first-order chi connectivity index (χ1) is 5.60. The normalized spacial score (nSPS) is 14.9. The van der Waals surface area contributed by atoms with Gasteiger partial charge in [0.05, 0.1) is 5.41 Å². The third kappa shape index (κ3) is 2.97. The van der Waals surface area contributed by atoms with Crippen LogP contribution in [0.4, 0.5) is 0 Å². The van der Waals surface area contributed by atoms with Crippen LogP contribution in [0.25, 0.3) is 0 Å². The monoisotopic (exact) mass is 234 g/mol. The molecule has 0 aliphatic rings. The minimum absolute atomic E-state index is 0.165. The molecule has 0 spiro atoms. The maximum atomic E-state index is 11.4. The lowest BCUT2D eigenvalue weighted by Gasteiger charge is -2.22. The molecule has 1 atom stereocenters. The van der Waals surface area contributed by atoms with Crippen molar-refractivity contribution < 1.29 is 9.53 Å². The lowest BCUT2D eigenvalue weighted by Crippen LogP contribution is -2.30. The van der Waals surface area contributed by atoms with Gasteiger partial charge in [-0.2, -0.15) is 0 Å². The molecule has 0 fully saturated rings. The SMILES string of the molecule is C=CCOC(=O)C(C)(CC)CBr. The second-order valence-corrected chi connectivity index (χ2v) is 3.50. The van der Waals surface area contributed by atoms with Gasteiger partial charge in [0.2, 0.25) is 0 Å². The van der Waals surface area contributed by atoms with Gasteiger partial charge >= 0.3 is 5.97 Å². The first kappa shape index (κ1) is 11.7. The predicted octanol–water partition coefficient (Wildman–Crippen LogP) is 2.53. The molecule has 0 aromatic carbocycles. The van der Waals surface area contributed by atoms with E-state index >= 15 is 0 Å². The fourth-order valence-electron chi connectivity index (χ4n) is 0.602. The molecule has 2 nitrogen and oxygen atoms in total. The highest BCUT2D eigenvalue weighted by Gasteiger charge is 2.31. The smallest absolute Gasteiger partial charge is 0.312 e. The molecule has 0 radical (unpaired) electrons. The van der Waals surface area contributed by atoms with E-state index in [2.05, 4.69) is 22.5 Å². The van der Waals surface area contributed by atoms with Crippen LogP contribution < -0.4 is 0 Å². The maximum absolute atomic E-state index is 11.4. The Morgan fingerprint density at radius 3 is 2.67 bits per heavy atom. The molecule has 0 aromatic heterocycles. The Kier molecular flexibility index (Phi) is 5.22. The molecular formula is C9H15BrO2. The van der Waals surface area contributed by atoms with Crippen molar-refractivity contribution in [3.63, 3.8) is 0 Å². The Hall–Kier alpha value is -0.310. The Labute approximate surface area is 82.1 Å². The lowest BCUT2D eigenvalue weighted by molar-refractivity contribution is -0.152. The standard InChI is InChI=1S/C9H15BrO2/c1-4-6-12-8(11)9(3,5-2)7-10/h4H,1,5-7H2,2-3H3. The van der Waals surface area contributed by atoms with Crippen LogP contribution in [0.5, 0.6) is 0 Å². The first-order valence-electron chi connectivity index (χ1n) is 3.94. The largest absolute Gasteiger partial charge is 0.461 e. The molecular weight excluding hydrogens is 220 g/mol. The number of alkyl halides is 1. The number of halogens is 1. The number of hydrogen-bond donors (Lipinski definition) is 0. The van der Waals surface area contributed by atoms with Crippen molar-refractivity contribution in [1.29, 1.82) is 0 Å². The van der Waals surface area contributed by atoms with E-state index in [9.17, 15) is 4.79 Å². The highest BCUT2D eigenvalue weighted by Crippen LogP contribution is 2.25. The van der Waals surface area contributed by atoms with E-state index in [4.69, 9.17) is 4.74 Å². The van der Waals surface area contributed by atoms with E-state index in [0.717, 1.165) is 6.42 Å². The van der Waals surface area contributed by atoms with Crippen LogP contribution in [-0.2, 0) is 9.53 Å². The second kappa shape index (κ2) is 5.36. The van der Waals surface area contributed by atoms with Gasteiger partial charge in [0.1, 0.15) is 6.61 Å². The molecule has 0 bridgehead atoms. The zero-order valence-corrected chi connectivity index (χ0v) is 9.19. The summed E-state index contributed by atoms with van der Waals surface area (Å²) in [6, 6.07) is 0. The maximum Gasteiger partial charge on any atom is 0.312 e. The van der Waals surface area contributed by atoms with Crippen LogP contribution in [0.3, 0.4) is 0 Å². The molecule has 3 heteroatoms. The molecule has 0 aromatic rings. The van der Waals surface area contributed by atoms with E-state index in [-0.39, 0.29) is 5.97 Å². The molecule has 0 aliphatic carbocycles. The molecule has 0 aliphatic heterocycles. The highest BCUT2D eigenvalue weighted by molar-refractivity contribution is 9.09. The van der Waals surface area contributed by atoms with Crippen molar-refractivity contribution in [2.45, 2.75) is 20.3 Å². The van der Waals surface area contributed by atoms with E-state index < -0.39 is 5.41 Å². The minimum atomic E-state index is -0.400. The summed E-state index contributed by atoms with van der Waals surface area (Å²) in [4.78, 5) is 11.4. The number of carbonyl (C=O) groups is 1. The Bertz CT molecular complexity index is 162. The Morgan fingerprint density at radius 2 is 2.33 bits per heavy atom. The minimum Gasteiger partial charge on any atom is -0.461 e. The zero-order valence-electron chi connectivity index (χ0n) is 7.60. The molecule has 0 N–H and O–H groups in total. The molecule has 0 saturated heterocycles. The summed E-state index contributed by atoms with van der Waals surface area (Å²) in [5.74, 6) is -0.165. The molecule has 0 saturated carbocycles. The summed E-state index contributed by atoms with van der Waals surface area (Å²) >= 11 is 3.30. The summed E-state index contributed by atoms with van der Waals surface area (Å²) in [6.45, 7) is 7.62. The summed E-state index contributed by atoms with van der Waals surface area (Å²) < 4.78 is 4.95. The fourth-order valence-corrected chi connectivity index (χ4v) is 1.23. The second-order valence-electron chi connectivity index (χ2n) is 2.93. The number of esters is 1. The van der Waals surface area contributed by atoms with Crippen LogP contribution in [0.15, 0.2) is 12.7 Å². The first-order valence-corrected chi connectivity index (χ1v) is 5.07. The van der Waals surface area contributed by atoms with E-state index in [0.29, 0.717) is 11.9 Å². The Morgan fingerprint density at radius 1 is 1.75 bits per heavy atom. The van der Waals surface area contributed by atoms with Gasteiger partial charge < -0.3 is 4.74 Å². The van der Waals surface area contributed by atoms with Gasteiger partial charge in [-0.25, -0.2) is 0 Å². The number of ether oxygens (including phenoxy) is 1. The van der Waals surface area contributed by atoms with Crippen LogP contribution in [-0.4, -0.2) is 17.9 Å². The fraction of sp³-hybridized carbons (Fsp3) is 0.667. The van der Waals surface area contributed by atoms with E-state index in [1.165, 1.54) is 0 Å². The van der Waals surface area contributed by atoms with Crippen LogP contribution >= 0.6 is 15.9 Å². The van der Waals surface area contributed by atoms with Crippen molar-refractivity contribution in [3.05, 3.63) is 12.7 Å². The summed E-state index contributed by atoms with van der Waals surface area (Å²) in [5.41, 5.74) is -0.400. The summed E-state index contributed by atoms with van der Waals surface area (Å²) in [7, 11) is 0. The molecule has 12 heavy (non-hydrogen) atoms. The third-order valence-electron chi connectivity index (χ3n) is 1.90. The van der Waals surface area contributed by atoms with Gasteiger partial charge in [-0.05, 0) is 13.3 Å². The number of rotatable bonds is 5. The van der Waals surface area contributed by atoms with Crippen molar-refractivity contribution in [3.8, 4) is 0 Å². The van der Waals surface area contributed by atoms with Gasteiger partial charge in [-0.1, -0.05) is 35.5 Å². The average molecular weight is 235 g/mol. The molecule has 70 valence electrons. The lowest BCUT2D eigenvalue weighted by atomic mass is 9.90. The molecule has 0 heterocycles. The zero-order chi connectivity index (χ0) is 9.61. The summed E-state index contributed by atoms with van der Waals surface area (Å²) in [5, 5.41) is 0.631. The van der Waals surface area contributed by atoms with Crippen molar-refractivity contribution >= 4 is 21.9 Å². The van der Waals surface area contributed by atoms with Crippen molar-refractivity contribution in [2.24, 2.45) is 5.41 Å². The Balaban J connectivity index is 4.11. The van der Waals surface area contributed by atoms with E-state index in [1.54, 1.807) is 6.08 Å². The predicted molar refractivity (Wildman–Crippen MR) is 53.3 cm³/mol. The topological polar surface area (TPSA) is 26.3 Å². The molecule has 0 rings (SSSR count). The number of carbonyl (C=O) groups excluding carboxylic acids is 1. The molecule has 1 unspecified atom stereocenters. The van der Waals surface area contributed by atoms with Crippen LogP contribution in [0.1, 0.15) is 20.3 Å². The van der Waals surface area contributed by atoms with E-state index in [1.807, 2.05) is 13.8 Å². The van der Waals surface area contributed by atoms with Crippen LogP contribution in [0.2, 0.25) is 0 Å². The van der Waals surface area contributed by atoms with Crippen molar-refractivity contribution in [2.75, 3.05) is 11.9 Å². The van der Waals surface area contributed by atoms with Gasteiger partial charge in [0.15, 0.2) is 0 Å². The highest BCUT2D eigenvalue weighted by atomic mass is 79.9. The van der Waals surface area contributed by atoms with Gasteiger partial charge in [-0.3, -0.25) is 4.79 Å². The van der Waals surface area contributed by atoms with Gasteiger partial charge in [-0.15, -0.1) is 0 Å². The van der Waals surface area contributed by atoms with Gasteiger partial charge in [0.25, 0.3) is 0 Å².